The lowest BCUT2D eigenvalue weighted by atomic mass is 10.2. The molecule has 0 amide bonds. The van der Waals surface area contributed by atoms with Crippen LogP contribution >= 0.6 is 0 Å². The van der Waals surface area contributed by atoms with E-state index in [2.05, 4.69) is 10.0 Å². The molecule has 0 aliphatic heterocycles. The van der Waals surface area contributed by atoms with Crippen molar-refractivity contribution >= 4 is 10.0 Å². The van der Waals surface area contributed by atoms with Crippen LogP contribution in [0, 0.1) is 11.6 Å². The molecule has 18 heavy (non-hydrogen) atoms. The fourth-order valence-electron chi connectivity index (χ4n) is 1.61. The number of hydrogen-bond acceptors (Lipinski definition) is 3. The second-order valence-corrected chi connectivity index (χ2v) is 5.95. The number of hydrogen-bond donors (Lipinski definition) is 2. The lowest BCUT2D eigenvalue weighted by molar-refractivity contribution is 0.518. The maximum atomic E-state index is 14.0. The Labute approximate surface area is 104 Å². The molecule has 1 fully saturated rings. The van der Waals surface area contributed by atoms with Crippen LogP contribution in [0.5, 0.6) is 0 Å². The van der Waals surface area contributed by atoms with Gasteiger partial charge in [0.25, 0.3) is 0 Å². The summed E-state index contributed by atoms with van der Waals surface area (Å²) < 4.78 is 53.5. The van der Waals surface area contributed by atoms with Crippen LogP contribution in [0.4, 0.5) is 8.78 Å². The van der Waals surface area contributed by atoms with Gasteiger partial charge in [0.05, 0.1) is 0 Å². The van der Waals surface area contributed by atoms with Gasteiger partial charge in [-0.05, 0) is 32.0 Å². The third-order valence-corrected chi connectivity index (χ3v) is 4.23. The summed E-state index contributed by atoms with van der Waals surface area (Å²) in [7, 11) is -2.37. The fourth-order valence-corrected chi connectivity index (χ4v) is 3.01. The van der Waals surface area contributed by atoms with E-state index in [0.29, 0.717) is 0 Å². The summed E-state index contributed by atoms with van der Waals surface area (Å²) in [6.45, 7) is -0.0650. The molecule has 7 heteroatoms. The van der Waals surface area contributed by atoms with E-state index in [0.717, 1.165) is 25.0 Å². The van der Waals surface area contributed by atoms with Crippen molar-refractivity contribution in [3.63, 3.8) is 0 Å². The van der Waals surface area contributed by atoms with Gasteiger partial charge in [0, 0.05) is 18.2 Å². The van der Waals surface area contributed by atoms with Crippen molar-refractivity contribution in [3.8, 4) is 0 Å². The molecule has 0 atom stereocenters. The molecule has 0 aromatic heterocycles. The Balaban J connectivity index is 2.41. The quantitative estimate of drug-likeness (QED) is 0.847. The summed E-state index contributed by atoms with van der Waals surface area (Å²) in [4.78, 5) is -0.499. The Bertz CT molecular complexity index is 556. The van der Waals surface area contributed by atoms with Crippen molar-refractivity contribution in [3.05, 3.63) is 29.3 Å². The van der Waals surface area contributed by atoms with Crippen molar-refractivity contribution in [2.75, 3.05) is 7.05 Å². The highest BCUT2D eigenvalue weighted by Crippen LogP contribution is 2.25. The van der Waals surface area contributed by atoms with Gasteiger partial charge in [-0.2, -0.15) is 0 Å². The first-order valence-electron chi connectivity index (χ1n) is 5.59. The summed E-state index contributed by atoms with van der Waals surface area (Å²) in [5, 5.41) is 2.60. The number of sulfonamides is 1. The molecule has 0 heterocycles. The second-order valence-electron chi connectivity index (χ2n) is 4.26. The van der Waals surface area contributed by atoms with Crippen LogP contribution in [-0.2, 0) is 16.6 Å². The summed E-state index contributed by atoms with van der Waals surface area (Å²) in [5.41, 5.74) is -0.267. The summed E-state index contributed by atoms with van der Waals surface area (Å²) in [5.74, 6) is -1.79. The minimum absolute atomic E-state index is 0.0650. The molecule has 1 saturated carbocycles. The molecule has 1 aromatic carbocycles. The largest absolute Gasteiger partial charge is 0.315 e. The number of rotatable bonds is 5. The summed E-state index contributed by atoms with van der Waals surface area (Å²) in [6, 6.07) is 1.80. The monoisotopic (exact) mass is 276 g/mol. The zero-order valence-electron chi connectivity index (χ0n) is 9.83. The highest BCUT2D eigenvalue weighted by molar-refractivity contribution is 7.89. The Morgan fingerprint density at radius 2 is 2.00 bits per heavy atom. The summed E-state index contributed by atoms with van der Waals surface area (Å²) in [6.07, 6.45) is 1.51. The van der Waals surface area contributed by atoms with Crippen molar-refractivity contribution in [1.82, 2.24) is 10.0 Å². The molecule has 100 valence electrons. The van der Waals surface area contributed by atoms with Crippen LogP contribution in [0.3, 0.4) is 0 Å². The van der Waals surface area contributed by atoms with Crippen LogP contribution < -0.4 is 10.0 Å². The molecule has 2 N–H and O–H groups in total. The van der Waals surface area contributed by atoms with Gasteiger partial charge in [-0.25, -0.2) is 21.9 Å². The molecule has 0 saturated heterocycles. The number of benzene rings is 1. The Morgan fingerprint density at radius 1 is 1.33 bits per heavy atom. The highest BCUT2D eigenvalue weighted by atomic mass is 32.2. The summed E-state index contributed by atoms with van der Waals surface area (Å²) >= 11 is 0. The lowest BCUT2D eigenvalue weighted by Gasteiger charge is -2.10. The van der Waals surface area contributed by atoms with Crippen LogP contribution in [0.2, 0.25) is 0 Å². The fraction of sp³-hybridized carbons (Fsp3) is 0.455. The topological polar surface area (TPSA) is 58.2 Å². The third kappa shape index (κ3) is 2.68. The van der Waals surface area contributed by atoms with E-state index in [1.807, 2.05) is 0 Å². The zero-order chi connectivity index (χ0) is 13.3. The molecule has 0 unspecified atom stereocenters. The van der Waals surface area contributed by atoms with Crippen LogP contribution in [-0.4, -0.2) is 21.5 Å². The van der Waals surface area contributed by atoms with Gasteiger partial charge in [-0.3, -0.25) is 0 Å². The van der Waals surface area contributed by atoms with Gasteiger partial charge >= 0.3 is 0 Å². The molecular weight excluding hydrogens is 262 g/mol. The average Bonchev–Trinajstić information content (AvgIpc) is 3.06. The lowest BCUT2D eigenvalue weighted by Crippen LogP contribution is -2.27. The van der Waals surface area contributed by atoms with E-state index < -0.39 is 26.6 Å². The first kappa shape index (κ1) is 13.4. The van der Waals surface area contributed by atoms with Gasteiger partial charge < -0.3 is 5.32 Å². The van der Waals surface area contributed by atoms with Gasteiger partial charge in [0.1, 0.15) is 10.7 Å². The Hall–Kier alpha value is -1.05. The van der Waals surface area contributed by atoms with Gasteiger partial charge in [0.2, 0.25) is 10.0 Å². The van der Waals surface area contributed by atoms with E-state index in [1.54, 1.807) is 0 Å². The minimum atomic E-state index is -3.90. The molecular formula is C11H14F2N2O2S. The van der Waals surface area contributed by atoms with E-state index in [4.69, 9.17) is 0 Å². The third-order valence-electron chi connectivity index (χ3n) is 2.69. The first-order chi connectivity index (χ1) is 8.45. The van der Waals surface area contributed by atoms with Crippen molar-refractivity contribution in [2.24, 2.45) is 0 Å². The average molecular weight is 276 g/mol. The standard InChI is InChI=1S/C11H14F2N2O2S/c1-14-6-8-9(12)4-5-10(11(8)13)18(16,17)15-7-2-3-7/h4-5,7,14-15H,2-3,6H2,1H3. The van der Waals surface area contributed by atoms with Crippen molar-refractivity contribution in [1.29, 1.82) is 0 Å². The predicted octanol–water partition coefficient (Wildman–Crippen LogP) is 1.12. The Kier molecular flexibility index (Phi) is 3.65. The van der Waals surface area contributed by atoms with Gasteiger partial charge in [-0.15, -0.1) is 0 Å². The van der Waals surface area contributed by atoms with E-state index >= 15 is 0 Å². The maximum Gasteiger partial charge on any atom is 0.243 e. The molecule has 0 bridgehead atoms. The second kappa shape index (κ2) is 4.91. The molecule has 4 nitrogen and oxygen atoms in total. The zero-order valence-corrected chi connectivity index (χ0v) is 10.7. The van der Waals surface area contributed by atoms with Crippen LogP contribution in [0.25, 0.3) is 0 Å². The Morgan fingerprint density at radius 3 is 2.56 bits per heavy atom. The molecule has 0 radical (unpaired) electrons. The van der Waals surface area contributed by atoms with Crippen LogP contribution in [0.1, 0.15) is 18.4 Å². The minimum Gasteiger partial charge on any atom is -0.315 e. The van der Waals surface area contributed by atoms with Crippen molar-refractivity contribution < 1.29 is 17.2 Å². The molecule has 2 rings (SSSR count). The molecule has 1 aromatic rings. The molecule has 0 spiro atoms. The van der Waals surface area contributed by atoms with E-state index in [1.165, 1.54) is 7.05 Å². The predicted molar refractivity (Wildman–Crippen MR) is 62.5 cm³/mol. The van der Waals surface area contributed by atoms with Crippen LogP contribution in [0.15, 0.2) is 17.0 Å². The molecule has 1 aliphatic carbocycles. The van der Waals surface area contributed by atoms with Crippen molar-refractivity contribution in [2.45, 2.75) is 30.3 Å². The SMILES string of the molecule is CNCc1c(F)ccc(S(=O)(=O)NC2CC2)c1F. The number of halogens is 2. The normalized spacial score (nSPS) is 15.9. The van der Waals surface area contributed by atoms with E-state index in [9.17, 15) is 17.2 Å². The maximum absolute atomic E-state index is 14.0. The van der Waals surface area contributed by atoms with Gasteiger partial charge in [0.15, 0.2) is 5.82 Å². The highest BCUT2D eigenvalue weighted by Gasteiger charge is 2.30. The number of nitrogens with one attached hydrogen (secondary N) is 2. The molecule has 1 aliphatic rings. The van der Waals surface area contributed by atoms with Gasteiger partial charge in [-0.1, -0.05) is 0 Å². The van der Waals surface area contributed by atoms with E-state index in [-0.39, 0.29) is 18.2 Å². The smallest absolute Gasteiger partial charge is 0.243 e. The first-order valence-corrected chi connectivity index (χ1v) is 7.08.